The van der Waals surface area contributed by atoms with Gasteiger partial charge >= 0.3 is 0 Å². The van der Waals surface area contributed by atoms with Gasteiger partial charge in [-0.15, -0.1) is 0 Å². The number of hydrogen-bond donors (Lipinski definition) is 3. The zero-order valence-corrected chi connectivity index (χ0v) is 24.1. The van der Waals surface area contributed by atoms with Gasteiger partial charge in [0.2, 0.25) is 0 Å². The molecule has 0 heterocycles. The summed E-state index contributed by atoms with van der Waals surface area (Å²) in [6.45, 7) is 16.0. The van der Waals surface area contributed by atoms with Crippen molar-refractivity contribution >= 4 is 33.1 Å². The minimum Gasteiger partial charge on any atom is -0.507 e. The molecule has 4 nitrogen and oxygen atoms in total. The number of rotatable bonds is 2. The van der Waals surface area contributed by atoms with Gasteiger partial charge in [0.15, 0.2) is 0 Å². The summed E-state index contributed by atoms with van der Waals surface area (Å²) in [6, 6.07) is 19.7. The van der Waals surface area contributed by atoms with Gasteiger partial charge in [0.05, 0.1) is 0 Å². The van der Waals surface area contributed by atoms with E-state index in [2.05, 4.69) is 43.4 Å². The summed E-state index contributed by atoms with van der Waals surface area (Å²) in [5.41, 5.74) is 9.93. The molecule has 0 unspecified atom stereocenters. The fraction of sp³-hybridized carbons (Fsp3) is 0.229. The molecule has 4 heteroatoms. The highest BCUT2D eigenvalue weighted by molar-refractivity contribution is 6.06. The number of phenols is 2. The molecule has 5 aromatic rings. The van der Waals surface area contributed by atoms with Crippen LogP contribution in [0.3, 0.4) is 0 Å². The van der Waals surface area contributed by atoms with Crippen molar-refractivity contribution in [3.8, 4) is 11.5 Å². The van der Waals surface area contributed by atoms with Crippen LogP contribution in [0.25, 0.3) is 21.5 Å². The van der Waals surface area contributed by atoms with Crippen LogP contribution >= 0.6 is 0 Å². The van der Waals surface area contributed by atoms with Gasteiger partial charge in [-0.05, 0) is 135 Å². The van der Waals surface area contributed by atoms with E-state index in [1.54, 1.807) is 0 Å². The van der Waals surface area contributed by atoms with E-state index in [4.69, 9.17) is 0 Å². The number of aromatic hydroxyl groups is 2. The molecule has 5 aromatic carbocycles. The van der Waals surface area contributed by atoms with E-state index >= 15 is 0 Å². The molecule has 0 aliphatic carbocycles. The minimum atomic E-state index is -0.152. The molecule has 0 aliphatic heterocycles. The molecule has 3 N–H and O–H groups in total. The van der Waals surface area contributed by atoms with Crippen molar-refractivity contribution in [1.29, 1.82) is 0 Å². The second-order valence-corrected chi connectivity index (χ2v) is 10.7. The average molecular weight is 520 g/mol. The maximum Gasteiger partial charge on any atom is 0.255 e. The van der Waals surface area contributed by atoms with Crippen molar-refractivity contribution in [3.05, 3.63) is 111 Å². The van der Waals surface area contributed by atoms with Gasteiger partial charge in [-0.3, -0.25) is 4.79 Å². The molecule has 1 amide bonds. The Morgan fingerprint density at radius 3 is 1.54 bits per heavy atom. The fourth-order valence-electron chi connectivity index (χ4n) is 4.71. The maximum absolute atomic E-state index is 12.4. The van der Waals surface area contributed by atoms with Crippen molar-refractivity contribution in [3.63, 3.8) is 0 Å². The van der Waals surface area contributed by atoms with Crippen LogP contribution in [0.15, 0.2) is 60.7 Å². The fourth-order valence-corrected chi connectivity index (χ4v) is 4.71. The number of hydrogen-bond acceptors (Lipinski definition) is 3. The van der Waals surface area contributed by atoms with Gasteiger partial charge in [0.1, 0.15) is 11.5 Å². The Kier molecular flexibility index (Phi) is 7.69. The Morgan fingerprint density at radius 2 is 1.00 bits per heavy atom. The Labute approximate surface area is 230 Å². The highest BCUT2D eigenvalue weighted by Crippen LogP contribution is 2.35. The molecule has 0 bridgehead atoms. The normalized spacial score (nSPS) is 10.9. The van der Waals surface area contributed by atoms with Crippen molar-refractivity contribution in [2.75, 3.05) is 5.32 Å². The lowest BCUT2D eigenvalue weighted by Crippen LogP contribution is -2.12. The van der Waals surface area contributed by atoms with Crippen molar-refractivity contribution in [2.24, 2.45) is 0 Å². The van der Waals surface area contributed by atoms with Gasteiger partial charge in [-0.25, -0.2) is 0 Å². The summed E-state index contributed by atoms with van der Waals surface area (Å²) >= 11 is 0. The van der Waals surface area contributed by atoms with E-state index < -0.39 is 0 Å². The first-order chi connectivity index (χ1) is 18.4. The lowest BCUT2D eigenvalue weighted by atomic mass is 9.97. The van der Waals surface area contributed by atoms with Crippen LogP contribution in [0.5, 0.6) is 11.5 Å². The number of nitrogens with one attached hydrogen (secondary N) is 1. The monoisotopic (exact) mass is 519 g/mol. The molecular formula is C35H37NO3. The third kappa shape index (κ3) is 5.61. The summed E-state index contributed by atoms with van der Waals surface area (Å²) in [5.74, 6) is 0.546. The summed E-state index contributed by atoms with van der Waals surface area (Å²) in [6.07, 6.45) is 0. The first-order valence-electron chi connectivity index (χ1n) is 13.2. The van der Waals surface area contributed by atoms with Crippen LogP contribution in [0.1, 0.15) is 54.9 Å². The number of anilines is 1. The molecule has 0 saturated carbocycles. The van der Waals surface area contributed by atoms with Gasteiger partial charge in [0.25, 0.3) is 5.91 Å². The van der Waals surface area contributed by atoms with Gasteiger partial charge < -0.3 is 15.5 Å². The standard InChI is InChI=1S/C21H21NO2.C14H16O/c1-12-5-7-16(8-6-12)21(24)22-19-11-18-17(10-14(19)3)9-13(2)15(4)20(18)23;1-8-5-12-6-10(3)11(4)14(15)13(12)7-9(8)2/h5-11,23H,1-4H3,(H,22,24);5-7,15H,1-4H3. The zero-order valence-electron chi connectivity index (χ0n) is 24.1. The molecule has 0 radical (unpaired) electrons. The summed E-state index contributed by atoms with van der Waals surface area (Å²) in [4.78, 5) is 12.4. The highest BCUT2D eigenvalue weighted by Gasteiger charge is 2.12. The number of fused-ring (bicyclic) bond motifs is 2. The first-order valence-corrected chi connectivity index (χ1v) is 13.2. The Morgan fingerprint density at radius 1 is 0.564 bits per heavy atom. The maximum atomic E-state index is 12.4. The number of benzene rings is 5. The molecule has 0 atom stereocenters. The van der Waals surface area contributed by atoms with E-state index in [1.807, 2.05) is 77.9 Å². The molecule has 0 fully saturated rings. The average Bonchev–Trinajstić information content (AvgIpc) is 2.89. The molecule has 200 valence electrons. The predicted molar refractivity (Wildman–Crippen MR) is 164 cm³/mol. The van der Waals surface area contributed by atoms with E-state index in [-0.39, 0.29) is 11.7 Å². The Bertz CT molecular complexity index is 1730. The number of carbonyl (C=O) groups excluding carboxylic acids is 1. The van der Waals surface area contributed by atoms with Crippen LogP contribution in [-0.2, 0) is 0 Å². The van der Waals surface area contributed by atoms with Gasteiger partial charge in [-0.2, -0.15) is 0 Å². The Hall–Kier alpha value is -4.31. The van der Waals surface area contributed by atoms with Crippen molar-refractivity contribution < 1.29 is 15.0 Å². The predicted octanol–water partition coefficient (Wildman–Crippen LogP) is 8.81. The largest absolute Gasteiger partial charge is 0.507 e. The summed E-state index contributed by atoms with van der Waals surface area (Å²) in [7, 11) is 0. The number of carbonyl (C=O) groups is 1. The molecular weight excluding hydrogens is 482 g/mol. The third-order valence-corrected chi connectivity index (χ3v) is 7.77. The minimum absolute atomic E-state index is 0.152. The molecule has 0 saturated heterocycles. The van der Waals surface area contributed by atoms with E-state index in [0.29, 0.717) is 17.0 Å². The summed E-state index contributed by atoms with van der Waals surface area (Å²) < 4.78 is 0. The van der Waals surface area contributed by atoms with Gasteiger partial charge in [-0.1, -0.05) is 35.9 Å². The second-order valence-electron chi connectivity index (χ2n) is 10.7. The molecule has 0 spiro atoms. The zero-order chi connectivity index (χ0) is 28.6. The Balaban J connectivity index is 0.000000202. The number of aryl methyl sites for hydroxylation is 6. The van der Waals surface area contributed by atoms with E-state index in [1.165, 1.54) is 11.1 Å². The van der Waals surface area contributed by atoms with E-state index in [9.17, 15) is 15.0 Å². The smallest absolute Gasteiger partial charge is 0.255 e. The van der Waals surface area contributed by atoms with Crippen LogP contribution in [0.4, 0.5) is 5.69 Å². The lowest BCUT2D eigenvalue weighted by molar-refractivity contribution is 0.102. The van der Waals surface area contributed by atoms with Crippen LogP contribution in [0.2, 0.25) is 0 Å². The second kappa shape index (κ2) is 10.8. The topological polar surface area (TPSA) is 69.6 Å². The van der Waals surface area contributed by atoms with E-state index in [0.717, 1.165) is 54.9 Å². The SMILES string of the molecule is Cc1cc2cc(C)c(C)c(O)c2cc1C.Cc1ccc(C(=O)Nc2cc3c(O)c(C)c(C)cc3cc2C)cc1. The summed E-state index contributed by atoms with van der Waals surface area (Å²) in [5, 5.41) is 27.2. The lowest BCUT2D eigenvalue weighted by Gasteiger charge is -2.13. The molecule has 0 aliphatic rings. The highest BCUT2D eigenvalue weighted by atomic mass is 16.3. The third-order valence-electron chi connectivity index (χ3n) is 7.77. The van der Waals surface area contributed by atoms with Crippen molar-refractivity contribution in [2.45, 2.75) is 55.4 Å². The number of phenolic OH excluding ortho intramolecular Hbond substituents is 2. The number of amides is 1. The van der Waals surface area contributed by atoms with Crippen LogP contribution in [0, 0.1) is 55.4 Å². The van der Waals surface area contributed by atoms with Crippen molar-refractivity contribution in [1.82, 2.24) is 0 Å². The molecule has 0 aromatic heterocycles. The molecule has 5 rings (SSSR count). The van der Waals surface area contributed by atoms with Crippen LogP contribution in [-0.4, -0.2) is 16.1 Å². The first kappa shape index (κ1) is 27.7. The van der Waals surface area contributed by atoms with Crippen LogP contribution < -0.4 is 5.32 Å². The van der Waals surface area contributed by atoms with Gasteiger partial charge in [0, 0.05) is 22.0 Å². The molecule has 39 heavy (non-hydrogen) atoms. The quantitative estimate of drug-likeness (QED) is 0.218.